The summed E-state index contributed by atoms with van der Waals surface area (Å²) in [5.41, 5.74) is 12.9. The number of nitrogens with zero attached hydrogens (tertiary/aromatic N) is 1. The summed E-state index contributed by atoms with van der Waals surface area (Å²) in [4.78, 5) is 2.54. The number of halogens is 3. The summed E-state index contributed by atoms with van der Waals surface area (Å²) in [7, 11) is 0. The van der Waals surface area contributed by atoms with Gasteiger partial charge in [-0.05, 0) is 78.6 Å². The number of unbranched alkanes of at least 4 members (excludes halogenated alkanes) is 1. The normalized spacial score (nSPS) is 10.4. The third-order valence-electron chi connectivity index (χ3n) is 4.87. The molecule has 28 heavy (non-hydrogen) atoms. The van der Waals surface area contributed by atoms with E-state index in [0.29, 0.717) is 0 Å². The van der Waals surface area contributed by atoms with Gasteiger partial charge in [0.25, 0.3) is 0 Å². The van der Waals surface area contributed by atoms with Gasteiger partial charge < -0.3 is 11.5 Å². The van der Waals surface area contributed by atoms with Crippen LogP contribution in [-0.4, -0.2) is 31.1 Å². The molecule has 0 saturated carbocycles. The van der Waals surface area contributed by atoms with E-state index >= 15 is 0 Å². The van der Waals surface area contributed by atoms with Crippen LogP contribution in [0.4, 0.5) is 0 Å². The van der Waals surface area contributed by atoms with Crippen LogP contribution in [0.1, 0.15) is 24.8 Å². The van der Waals surface area contributed by atoms with Crippen LogP contribution in [-0.2, 0) is 6.54 Å². The summed E-state index contributed by atoms with van der Waals surface area (Å²) < 4.78 is 0. The molecule has 0 radical (unpaired) electrons. The summed E-state index contributed by atoms with van der Waals surface area (Å²) >= 11 is 0. The van der Waals surface area contributed by atoms with Crippen molar-refractivity contribution in [1.29, 1.82) is 0 Å². The van der Waals surface area contributed by atoms with Gasteiger partial charge in [-0.3, -0.25) is 4.90 Å². The molecule has 4 N–H and O–H groups in total. The average Bonchev–Trinajstić information content (AvgIpc) is 2.65. The van der Waals surface area contributed by atoms with Crippen LogP contribution in [0, 0.1) is 0 Å². The van der Waals surface area contributed by atoms with Gasteiger partial charge >= 0.3 is 0 Å². The standard InChI is InChI=1S/C22H29N3.3ClH/c23-12-5-6-14-25(15-7-13-24)17-22-20-10-3-1-8-18(20)16-19-9-2-4-11-21(19)22;;;/h1-4,8-11,16H,5-7,12-15,17,23-24H2;3*1H. The van der Waals surface area contributed by atoms with Gasteiger partial charge in [0.2, 0.25) is 0 Å². The molecule has 0 heterocycles. The fraction of sp³-hybridized carbons (Fsp3) is 0.364. The molecular weight excluding hydrogens is 413 g/mol. The molecule has 0 unspecified atom stereocenters. The Hall–Kier alpha value is -1.07. The second-order valence-corrected chi connectivity index (χ2v) is 6.71. The van der Waals surface area contributed by atoms with Crippen molar-refractivity contribution in [3.8, 4) is 0 Å². The molecular formula is C22H32Cl3N3. The highest BCUT2D eigenvalue weighted by atomic mass is 35.5. The van der Waals surface area contributed by atoms with Crippen LogP contribution in [0.25, 0.3) is 21.5 Å². The molecule has 0 aromatic heterocycles. The van der Waals surface area contributed by atoms with Crippen LogP contribution < -0.4 is 11.5 Å². The molecule has 0 aliphatic rings. The largest absolute Gasteiger partial charge is 0.330 e. The molecule has 6 heteroatoms. The molecule has 0 atom stereocenters. The second kappa shape index (κ2) is 14.0. The Bertz CT molecular complexity index is 772. The maximum absolute atomic E-state index is 5.76. The molecule has 3 aromatic carbocycles. The fourth-order valence-electron chi connectivity index (χ4n) is 3.57. The van der Waals surface area contributed by atoms with E-state index in [1.807, 2.05) is 0 Å². The van der Waals surface area contributed by atoms with E-state index in [1.165, 1.54) is 27.1 Å². The zero-order valence-corrected chi connectivity index (χ0v) is 18.6. The Kier molecular flexibility index (Phi) is 13.5. The molecule has 3 nitrogen and oxygen atoms in total. The molecule has 0 fully saturated rings. The highest BCUT2D eigenvalue weighted by Gasteiger charge is 2.12. The first-order valence-corrected chi connectivity index (χ1v) is 9.35. The second-order valence-electron chi connectivity index (χ2n) is 6.71. The SMILES string of the molecule is Cl.Cl.Cl.NCCCCN(CCCN)Cc1c2ccccc2cc2ccccc12. The number of benzene rings is 3. The Morgan fingerprint density at radius 1 is 0.643 bits per heavy atom. The Morgan fingerprint density at radius 2 is 1.14 bits per heavy atom. The fourth-order valence-corrected chi connectivity index (χ4v) is 3.57. The first-order valence-electron chi connectivity index (χ1n) is 9.35. The van der Waals surface area contributed by atoms with E-state index in [9.17, 15) is 0 Å². The van der Waals surface area contributed by atoms with Gasteiger partial charge in [-0.2, -0.15) is 0 Å². The summed E-state index contributed by atoms with van der Waals surface area (Å²) in [5, 5.41) is 5.35. The zero-order chi connectivity index (χ0) is 17.5. The van der Waals surface area contributed by atoms with E-state index in [0.717, 1.165) is 52.0 Å². The van der Waals surface area contributed by atoms with E-state index in [-0.39, 0.29) is 37.2 Å². The van der Waals surface area contributed by atoms with Gasteiger partial charge in [-0.1, -0.05) is 48.5 Å². The minimum Gasteiger partial charge on any atom is -0.330 e. The van der Waals surface area contributed by atoms with Gasteiger partial charge in [-0.15, -0.1) is 37.2 Å². The van der Waals surface area contributed by atoms with Crippen LogP contribution in [0.5, 0.6) is 0 Å². The first kappa shape index (κ1) is 26.9. The Labute approximate surface area is 187 Å². The molecule has 0 saturated heterocycles. The van der Waals surface area contributed by atoms with E-state index in [2.05, 4.69) is 59.5 Å². The third kappa shape index (κ3) is 6.77. The molecule has 0 aliphatic carbocycles. The highest BCUT2D eigenvalue weighted by molar-refractivity contribution is 6.02. The van der Waals surface area contributed by atoms with Crippen LogP contribution in [0.15, 0.2) is 54.6 Å². The van der Waals surface area contributed by atoms with Crippen LogP contribution in [0.3, 0.4) is 0 Å². The van der Waals surface area contributed by atoms with Crippen molar-refractivity contribution >= 4 is 58.8 Å². The third-order valence-corrected chi connectivity index (χ3v) is 4.87. The monoisotopic (exact) mass is 443 g/mol. The molecule has 3 rings (SSSR count). The van der Waals surface area contributed by atoms with Gasteiger partial charge in [0, 0.05) is 6.54 Å². The Balaban J connectivity index is 0.00000243. The maximum Gasteiger partial charge on any atom is 0.0246 e. The summed E-state index contributed by atoms with van der Waals surface area (Å²) in [6.07, 6.45) is 3.25. The number of nitrogens with two attached hydrogens (primary N) is 2. The van der Waals surface area contributed by atoms with Gasteiger partial charge in [-0.25, -0.2) is 0 Å². The summed E-state index contributed by atoms with van der Waals surface area (Å²) in [6.45, 7) is 4.59. The van der Waals surface area contributed by atoms with E-state index < -0.39 is 0 Å². The Morgan fingerprint density at radius 3 is 1.68 bits per heavy atom. The lowest BCUT2D eigenvalue weighted by molar-refractivity contribution is 0.260. The van der Waals surface area contributed by atoms with Crippen LogP contribution in [0.2, 0.25) is 0 Å². The van der Waals surface area contributed by atoms with Crippen molar-refractivity contribution in [2.45, 2.75) is 25.8 Å². The lowest BCUT2D eigenvalue weighted by Gasteiger charge is -2.24. The van der Waals surface area contributed by atoms with Gasteiger partial charge in [0.1, 0.15) is 0 Å². The topological polar surface area (TPSA) is 55.3 Å². The molecule has 0 spiro atoms. The van der Waals surface area contributed by atoms with Crippen molar-refractivity contribution < 1.29 is 0 Å². The molecule has 0 amide bonds. The van der Waals surface area contributed by atoms with E-state index in [4.69, 9.17) is 11.5 Å². The number of hydrogen-bond donors (Lipinski definition) is 2. The number of fused-ring (bicyclic) bond motifs is 2. The molecule has 0 bridgehead atoms. The molecule has 3 aromatic rings. The summed E-state index contributed by atoms with van der Waals surface area (Å²) in [5.74, 6) is 0. The maximum atomic E-state index is 5.76. The molecule has 0 aliphatic heterocycles. The number of rotatable bonds is 9. The van der Waals surface area contributed by atoms with Crippen molar-refractivity contribution in [3.05, 3.63) is 60.2 Å². The predicted octanol–water partition coefficient (Wildman–Crippen LogP) is 5.15. The van der Waals surface area contributed by atoms with Crippen molar-refractivity contribution in [2.24, 2.45) is 11.5 Å². The predicted molar refractivity (Wildman–Crippen MR) is 130 cm³/mol. The van der Waals surface area contributed by atoms with Gasteiger partial charge in [0.15, 0.2) is 0 Å². The first-order chi connectivity index (χ1) is 12.3. The smallest absolute Gasteiger partial charge is 0.0246 e. The average molecular weight is 445 g/mol. The lowest BCUT2D eigenvalue weighted by Crippen LogP contribution is -2.27. The van der Waals surface area contributed by atoms with Crippen molar-refractivity contribution in [2.75, 3.05) is 26.2 Å². The molecule has 156 valence electrons. The minimum absolute atomic E-state index is 0. The lowest BCUT2D eigenvalue weighted by atomic mass is 9.96. The summed E-state index contributed by atoms with van der Waals surface area (Å²) in [6, 6.07) is 19.7. The van der Waals surface area contributed by atoms with Gasteiger partial charge in [0.05, 0.1) is 0 Å². The highest BCUT2D eigenvalue weighted by Crippen LogP contribution is 2.29. The van der Waals surface area contributed by atoms with Crippen molar-refractivity contribution in [3.63, 3.8) is 0 Å². The van der Waals surface area contributed by atoms with Crippen LogP contribution >= 0.6 is 37.2 Å². The van der Waals surface area contributed by atoms with E-state index in [1.54, 1.807) is 0 Å². The zero-order valence-electron chi connectivity index (χ0n) is 16.2. The van der Waals surface area contributed by atoms with Crippen molar-refractivity contribution in [1.82, 2.24) is 4.90 Å². The minimum atomic E-state index is 0. The quantitative estimate of drug-likeness (QED) is 0.354. The number of hydrogen-bond acceptors (Lipinski definition) is 3.